The minimum atomic E-state index is -0.246. The maximum atomic E-state index is 12.2. The van der Waals surface area contributed by atoms with E-state index in [9.17, 15) is 4.79 Å². The van der Waals surface area contributed by atoms with E-state index in [4.69, 9.17) is 5.26 Å². The first-order chi connectivity index (χ1) is 9.65. The average molecular weight is 337 g/mol. The third kappa shape index (κ3) is 3.30. The van der Waals surface area contributed by atoms with Crippen LogP contribution in [0.2, 0.25) is 0 Å². The number of anilines is 1. The number of likely N-dealkylation sites (N-methyl/N-ethyl adjacent to an activating group) is 1. The number of amides is 1. The Balaban J connectivity index is 2.30. The Labute approximate surface area is 127 Å². The van der Waals surface area contributed by atoms with Crippen LogP contribution in [0.5, 0.6) is 0 Å². The number of piperazine rings is 1. The second-order valence-corrected chi connectivity index (χ2v) is 5.53. The van der Waals surface area contributed by atoms with Gasteiger partial charge in [-0.25, -0.2) is 0 Å². The molecule has 1 atom stereocenters. The van der Waals surface area contributed by atoms with E-state index in [1.54, 1.807) is 6.07 Å². The van der Waals surface area contributed by atoms with Gasteiger partial charge >= 0.3 is 0 Å². The highest BCUT2D eigenvalue weighted by atomic mass is 79.9. The molecule has 1 aromatic rings. The van der Waals surface area contributed by atoms with Gasteiger partial charge in [-0.05, 0) is 25.1 Å². The highest BCUT2D eigenvalue weighted by molar-refractivity contribution is 9.10. The number of halogens is 1. The summed E-state index contributed by atoms with van der Waals surface area (Å²) in [4.78, 5) is 14.2. The summed E-state index contributed by atoms with van der Waals surface area (Å²) in [5.41, 5.74) is 1.48. The lowest BCUT2D eigenvalue weighted by molar-refractivity contribution is -0.122. The third-order valence-corrected chi connectivity index (χ3v) is 3.70. The van der Waals surface area contributed by atoms with E-state index in [0.29, 0.717) is 18.7 Å². The van der Waals surface area contributed by atoms with Crippen LogP contribution in [-0.4, -0.2) is 38.1 Å². The molecule has 6 heteroatoms. The van der Waals surface area contributed by atoms with Crippen LogP contribution in [0.15, 0.2) is 22.7 Å². The largest absolute Gasteiger partial charge is 0.357 e. The van der Waals surface area contributed by atoms with Crippen molar-refractivity contribution >= 4 is 27.5 Å². The molecule has 106 valence electrons. The Kier molecular flexibility index (Phi) is 4.99. The van der Waals surface area contributed by atoms with E-state index < -0.39 is 0 Å². The first-order valence-electron chi connectivity index (χ1n) is 6.61. The number of carbonyl (C=O) groups is 1. The van der Waals surface area contributed by atoms with Crippen molar-refractivity contribution in [1.82, 2.24) is 10.6 Å². The smallest absolute Gasteiger partial charge is 0.244 e. The average Bonchev–Trinajstić information content (AvgIpc) is 2.46. The van der Waals surface area contributed by atoms with E-state index in [0.717, 1.165) is 23.2 Å². The Hall–Kier alpha value is -1.58. The van der Waals surface area contributed by atoms with E-state index >= 15 is 0 Å². The van der Waals surface area contributed by atoms with Gasteiger partial charge in [-0.3, -0.25) is 4.79 Å². The fourth-order valence-electron chi connectivity index (χ4n) is 2.34. The molecule has 0 saturated carbocycles. The normalized spacial score (nSPS) is 18.4. The molecule has 0 radical (unpaired) electrons. The van der Waals surface area contributed by atoms with Crippen LogP contribution in [0.3, 0.4) is 0 Å². The van der Waals surface area contributed by atoms with E-state index in [2.05, 4.69) is 32.6 Å². The van der Waals surface area contributed by atoms with Gasteiger partial charge in [0.2, 0.25) is 5.91 Å². The quantitative estimate of drug-likeness (QED) is 0.871. The molecule has 1 aliphatic rings. The van der Waals surface area contributed by atoms with Crippen LogP contribution in [-0.2, 0) is 4.79 Å². The summed E-state index contributed by atoms with van der Waals surface area (Å²) in [5, 5.41) is 15.2. The molecule has 5 nitrogen and oxygen atoms in total. The molecule has 2 N–H and O–H groups in total. The Morgan fingerprint density at radius 2 is 2.40 bits per heavy atom. The van der Waals surface area contributed by atoms with Gasteiger partial charge in [0.15, 0.2) is 0 Å². The van der Waals surface area contributed by atoms with Gasteiger partial charge in [0.1, 0.15) is 6.04 Å². The molecule has 1 unspecified atom stereocenters. The van der Waals surface area contributed by atoms with Gasteiger partial charge in [0.25, 0.3) is 0 Å². The molecule has 1 saturated heterocycles. The minimum Gasteiger partial charge on any atom is -0.357 e. The predicted molar refractivity (Wildman–Crippen MR) is 81.5 cm³/mol. The Morgan fingerprint density at radius 1 is 1.60 bits per heavy atom. The fourth-order valence-corrected chi connectivity index (χ4v) is 2.83. The fraction of sp³-hybridized carbons (Fsp3) is 0.429. The second-order valence-electron chi connectivity index (χ2n) is 4.62. The number of nitrogens with zero attached hydrogens (tertiary/aromatic N) is 2. The number of benzene rings is 1. The molecule has 1 fully saturated rings. The van der Waals surface area contributed by atoms with Crippen LogP contribution in [0.4, 0.5) is 5.69 Å². The van der Waals surface area contributed by atoms with Crippen molar-refractivity contribution in [3.8, 4) is 6.07 Å². The molecular formula is C14H17BrN4O. The van der Waals surface area contributed by atoms with Gasteiger partial charge in [-0.15, -0.1) is 0 Å². The zero-order chi connectivity index (χ0) is 14.5. The number of carbonyl (C=O) groups excluding carboxylic acids is 1. The zero-order valence-corrected chi connectivity index (χ0v) is 12.9. The van der Waals surface area contributed by atoms with Gasteiger partial charge in [-0.2, -0.15) is 5.26 Å². The summed E-state index contributed by atoms with van der Waals surface area (Å²) >= 11 is 3.41. The molecule has 0 bridgehead atoms. The molecule has 20 heavy (non-hydrogen) atoms. The van der Waals surface area contributed by atoms with Crippen molar-refractivity contribution < 1.29 is 4.79 Å². The molecule has 0 spiro atoms. The lowest BCUT2D eigenvalue weighted by atomic mass is 10.1. The molecule has 1 heterocycles. The number of nitrogens with one attached hydrogen (secondary N) is 2. The molecule has 1 aromatic carbocycles. The number of hydrogen-bond acceptors (Lipinski definition) is 4. The lowest BCUT2D eigenvalue weighted by Crippen LogP contribution is -2.58. The summed E-state index contributed by atoms with van der Waals surface area (Å²) in [6.07, 6.45) is 0. The molecule has 1 aliphatic heterocycles. The van der Waals surface area contributed by atoms with Gasteiger partial charge < -0.3 is 15.5 Å². The number of nitriles is 1. The number of hydrogen-bond donors (Lipinski definition) is 2. The first kappa shape index (κ1) is 14.8. The van der Waals surface area contributed by atoms with Crippen LogP contribution in [0.25, 0.3) is 0 Å². The van der Waals surface area contributed by atoms with Crippen molar-refractivity contribution in [3.05, 3.63) is 28.2 Å². The summed E-state index contributed by atoms with van der Waals surface area (Å²) in [7, 11) is 0. The van der Waals surface area contributed by atoms with Crippen molar-refractivity contribution in [3.63, 3.8) is 0 Å². The summed E-state index contributed by atoms with van der Waals surface area (Å²) in [6.45, 7) is 4.70. The van der Waals surface area contributed by atoms with Crippen LogP contribution in [0.1, 0.15) is 12.5 Å². The predicted octanol–water partition coefficient (Wildman–Crippen LogP) is 1.24. The number of rotatable bonds is 3. The highest BCUT2D eigenvalue weighted by Gasteiger charge is 2.28. The van der Waals surface area contributed by atoms with Crippen molar-refractivity contribution in [2.75, 3.05) is 31.1 Å². The summed E-state index contributed by atoms with van der Waals surface area (Å²) < 4.78 is 0.847. The maximum absolute atomic E-state index is 12.2. The van der Waals surface area contributed by atoms with Crippen molar-refractivity contribution in [2.45, 2.75) is 13.0 Å². The Morgan fingerprint density at radius 3 is 3.10 bits per heavy atom. The third-order valence-electron chi connectivity index (χ3n) is 3.24. The zero-order valence-electron chi connectivity index (χ0n) is 11.3. The summed E-state index contributed by atoms with van der Waals surface area (Å²) in [6, 6.07) is 7.43. The van der Waals surface area contributed by atoms with Crippen LogP contribution in [0, 0.1) is 11.3 Å². The second kappa shape index (κ2) is 6.73. The van der Waals surface area contributed by atoms with Crippen LogP contribution < -0.4 is 15.5 Å². The molecular weight excluding hydrogens is 320 g/mol. The SMILES string of the molecule is CCNC(=O)C1CNCCN1c1cc(Br)cc(C#N)c1. The van der Waals surface area contributed by atoms with Gasteiger partial charge in [0.05, 0.1) is 11.6 Å². The summed E-state index contributed by atoms with van der Waals surface area (Å²) in [5.74, 6) is 0.0122. The maximum Gasteiger partial charge on any atom is 0.244 e. The molecule has 0 aromatic heterocycles. The molecule has 2 rings (SSSR count). The molecule has 0 aliphatic carbocycles. The lowest BCUT2D eigenvalue weighted by Gasteiger charge is -2.37. The van der Waals surface area contributed by atoms with E-state index in [-0.39, 0.29) is 11.9 Å². The highest BCUT2D eigenvalue weighted by Crippen LogP contribution is 2.25. The first-order valence-corrected chi connectivity index (χ1v) is 7.40. The minimum absolute atomic E-state index is 0.0122. The standard InChI is InChI=1S/C14H17BrN4O/c1-2-18-14(20)13-9-17-3-4-19(13)12-6-10(8-16)5-11(15)7-12/h5-7,13,17H,2-4,9H2,1H3,(H,18,20). The molecule has 1 amide bonds. The van der Waals surface area contributed by atoms with Crippen molar-refractivity contribution in [1.29, 1.82) is 5.26 Å². The van der Waals surface area contributed by atoms with Crippen LogP contribution >= 0.6 is 15.9 Å². The van der Waals surface area contributed by atoms with E-state index in [1.165, 1.54) is 0 Å². The topological polar surface area (TPSA) is 68.2 Å². The van der Waals surface area contributed by atoms with Gasteiger partial charge in [0, 0.05) is 36.3 Å². The van der Waals surface area contributed by atoms with Gasteiger partial charge in [-0.1, -0.05) is 15.9 Å². The monoisotopic (exact) mass is 336 g/mol. The van der Waals surface area contributed by atoms with Crippen molar-refractivity contribution in [2.24, 2.45) is 0 Å². The Bertz CT molecular complexity index is 540. The van der Waals surface area contributed by atoms with E-state index in [1.807, 2.05) is 24.0 Å².